The van der Waals surface area contributed by atoms with Crippen molar-refractivity contribution in [1.82, 2.24) is 20.1 Å². The SMILES string of the molecule is CCn1c([C@@H](C)NC(=O)c2ccc(OC)cc2)n[nH]c1=S. The molecule has 2 aromatic rings. The molecule has 1 aromatic heterocycles. The molecule has 1 heterocycles. The van der Waals surface area contributed by atoms with Crippen molar-refractivity contribution in [3.8, 4) is 5.75 Å². The Bertz CT molecular complexity index is 675. The van der Waals surface area contributed by atoms with E-state index in [0.29, 0.717) is 28.5 Å². The molecule has 0 bridgehead atoms. The topological polar surface area (TPSA) is 71.9 Å². The summed E-state index contributed by atoms with van der Waals surface area (Å²) in [6.45, 7) is 4.55. The van der Waals surface area contributed by atoms with E-state index in [1.807, 2.05) is 18.4 Å². The Morgan fingerprint density at radius 3 is 2.71 bits per heavy atom. The Labute approximate surface area is 128 Å². The van der Waals surface area contributed by atoms with Crippen molar-refractivity contribution >= 4 is 18.1 Å². The highest BCUT2D eigenvalue weighted by atomic mass is 32.1. The summed E-state index contributed by atoms with van der Waals surface area (Å²) >= 11 is 5.14. The molecular formula is C14H18N4O2S. The standard InChI is InChI=1S/C14H18N4O2S/c1-4-18-12(16-17-14(18)21)9(2)15-13(19)10-5-7-11(20-3)8-6-10/h5-9H,4H2,1-3H3,(H,15,19)(H,17,21)/t9-/m1/s1. The minimum Gasteiger partial charge on any atom is -0.497 e. The van der Waals surface area contributed by atoms with E-state index >= 15 is 0 Å². The Hall–Kier alpha value is -2.15. The number of carbonyl (C=O) groups is 1. The molecule has 0 spiro atoms. The molecule has 0 fully saturated rings. The smallest absolute Gasteiger partial charge is 0.251 e. The van der Waals surface area contributed by atoms with E-state index in [1.54, 1.807) is 31.4 Å². The lowest BCUT2D eigenvalue weighted by Gasteiger charge is -2.14. The second-order valence-corrected chi connectivity index (χ2v) is 4.94. The Balaban J connectivity index is 2.12. The van der Waals surface area contributed by atoms with Crippen LogP contribution in [0.1, 0.15) is 36.1 Å². The van der Waals surface area contributed by atoms with Crippen molar-refractivity contribution in [1.29, 1.82) is 0 Å². The molecule has 0 saturated carbocycles. The number of H-pyrrole nitrogens is 1. The third-order valence-electron chi connectivity index (χ3n) is 3.19. The number of methoxy groups -OCH3 is 1. The third-order valence-corrected chi connectivity index (χ3v) is 3.50. The van der Waals surface area contributed by atoms with Gasteiger partial charge in [0.25, 0.3) is 5.91 Å². The summed E-state index contributed by atoms with van der Waals surface area (Å²) in [5.74, 6) is 1.26. The number of nitrogens with one attached hydrogen (secondary N) is 2. The van der Waals surface area contributed by atoms with Crippen molar-refractivity contribution < 1.29 is 9.53 Å². The van der Waals surface area contributed by atoms with Gasteiger partial charge in [-0.2, -0.15) is 5.10 Å². The second-order valence-electron chi connectivity index (χ2n) is 4.55. The van der Waals surface area contributed by atoms with Crippen molar-refractivity contribution in [2.24, 2.45) is 0 Å². The van der Waals surface area contributed by atoms with Crippen LogP contribution in [-0.4, -0.2) is 27.8 Å². The lowest BCUT2D eigenvalue weighted by atomic mass is 10.2. The summed E-state index contributed by atoms with van der Waals surface area (Å²) in [6.07, 6.45) is 0. The molecule has 7 heteroatoms. The van der Waals surface area contributed by atoms with Crippen LogP contribution in [0.2, 0.25) is 0 Å². The number of amides is 1. The predicted octanol–water partition coefficient (Wildman–Crippen LogP) is 2.46. The zero-order chi connectivity index (χ0) is 15.4. The average molecular weight is 306 g/mol. The lowest BCUT2D eigenvalue weighted by Crippen LogP contribution is -2.28. The first-order valence-corrected chi connectivity index (χ1v) is 7.07. The first-order valence-electron chi connectivity index (χ1n) is 6.66. The zero-order valence-electron chi connectivity index (χ0n) is 12.2. The maximum absolute atomic E-state index is 12.2. The van der Waals surface area contributed by atoms with E-state index in [9.17, 15) is 4.79 Å². The number of hydrogen-bond acceptors (Lipinski definition) is 4. The molecule has 2 rings (SSSR count). The van der Waals surface area contributed by atoms with Gasteiger partial charge in [0.1, 0.15) is 5.75 Å². The molecule has 0 aliphatic heterocycles. The van der Waals surface area contributed by atoms with Gasteiger partial charge in [0.15, 0.2) is 10.6 Å². The molecule has 112 valence electrons. The lowest BCUT2D eigenvalue weighted by molar-refractivity contribution is 0.0937. The van der Waals surface area contributed by atoms with Crippen LogP contribution in [0.25, 0.3) is 0 Å². The highest BCUT2D eigenvalue weighted by molar-refractivity contribution is 7.71. The fourth-order valence-electron chi connectivity index (χ4n) is 2.05. The molecule has 1 aromatic carbocycles. The first kappa shape index (κ1) is 15.2. The van der Waals surface area contributed by atoms with E-state index in [2.05, 4.69) is 15.5 Å². The van der Waals surface area contributed by atoms with Gasteiger partial charge in [-0.1, -0.05) is 0 Å². The molecule has 0 saturated heterocycles. The Kier molecular flexibility index (Phi) is 4.74. The zero-order valence-corrected chi connectivity index (χ0v) is 13.0. The van der Waals surface area contributed by atoms with Crippen LogP contribution in [0.3, 0.4) is 0 Å². The van der Waals surface area contributed by atoms with E-state index in [0.717, 1.165) is 0 Å². The monoisotopic (exact) mass is 306 g/mol. The first-order chi connectivity index (χ1) is 10.1. The molecule has 0 aliphatic carbocycles. The summed E-state index contributed by atoms with van der Waals surface area (Å²) in [5, 5.41) is 9.83. The summed E-state index contributed by atoms with van der Waals surface area (Å²) in [4.78, 5) is 12.2. The van der Waals surface area contributed by atoms with E-state index in [1.165, 1.54) is 0 Å². The molecule has 1 atom stereocenters. The Morgan fingerprint density at radius 2 is 2.14 bits per heavy atom. The number of hydrogen-bond donors (Lipinski definition) is 2. The molecular weight excluding hydrogens is 288 g/mol. The fourth-order valence-corrected chi connectivity index (χ4v) is 2.32. The molecule has 0 radical (unpaired) electrons. The largest absolute Gasteiger partial charge is 0.497 e. The van der Waals surface area contributed by atoms with Crippen molar-refractivity contribution in [3.05, 3.63) is 40.4 Å². The summed E-state index contributed by atoms with van der Waals surface area (Å²) < 4.78 is 7.48. The van der Waals surface area contributed by atoms with Gasteiger partial charge in [0.2, 0.25) is 0 Å². The van der Waals surface area contributed by atoms with Gasteiger partial charge >= 0.3 is 0 Å². The third kappa shape index (κ3) is 3.30. The van der Waals surface area contributed by atoms with Crippen LogP contribution in [0.4, 0.5) is 0 Å². The van der Waals surface area contributed by atoms with Crippen molar-refractivity contribution in [2.75, 3.05) is 7.11 Å². The molecule has 6 nitrogen and oxygen atoms in total. The summed E-state index contributed by atoms with van der Waals surface area (Å²) in [5.41, 5.74) is 0.569. The summed E-state index contributed by atoms with van der Waals surface area (Å²) in [7, 11) is 1.59. The highest BCUT2D eigenvalue weighted by Crippen LogP contribution is 2.14. The quantitative estimate of drug-likeness (QED) is 0.832. The van der Waals surface area contributed by atoms with Crippen LogP contribution in [0.15, 0.2) is 24.3 Å². The number of carbonyl (C=O) groups excluding carboxylic acids is 1. The van der Waals surface area contributed by atoms with Crippen LogP contribution in [0.5, 0.6) is 5.75 Å². The van der Waals surface area contributed by atoms with Crippen LogP contribution < -0.4 is 10.1 Å². The van der Waals surface area contributed by atoms with Crippen LogP contribution in [-0.2, 0) is 6.54 Å². The molecule has 21 heavy (non-hydrogen) atoms. The number of ether oxygens (including phenoxy) is 1. The van der Waals surface area contributed by atoms with E-state index < -0.39 is 0 Å². The summed E-state index contributed by atoms with van der Waals surface area (Å²) in [6, 6.07) is 6.70. The number of nitrogens with zero attached hydrogens (tertiary/aromatic N) is 2. The second kappa shape index (κ2) is 6.53. The van der Waals surface area contributed by atoms with Gasteiger partial charge in [-0.3, -0.25) is 9.89 Å². The van der Waals surface area contributed by atoms with Gasteiger partial charge in [-0.05, 0) is 50.3 Å². The number of aromatic nitrogens is 3. The van der Waals surface area contributed by atoms with E-state index in [-0.39, 0.29) is 11.9 Å². The molecule has 0 aliphatic rings. The van der Waals surface area contributed by atoms with Crippen molar-refractivity contribution in [3.63, 3.8) is 0 Å². The minimum absolute atomic E-state index is 0.165. The number of benzene rings is 1. The molecule has 2 N–H and O–H groups in total. The minimum atomic E-state index is -0.243. The molecule has 1 amide bonds. The van der Waals surface area contributed by atoms with E-state index in [4.69, 9.17) is 17.0 Å². The van der Waals surface area contributed by atoms with Crippen LogP contribution >= 0.6 is 12.2 Å². The van der Waals surface area contributed by atoms with Crippen molar-refractivity contribution in [2.45, 2.75) is 26.4 Å². The fraction of sp³-hybridized carbons (Fsp3) is 0.357. The molecule has 0 unspecified atom stereocenters. The number of rotatable bonds is 5. The maximum atomic E-state index is 12.2. The van der Waals surface area contributed by atoms with Gasteiger partial charge in [0.05, 0.1) is 13.2 Å². The highest BCUT2D eigenvalue weighted by Gasteiger charge is 2.16. The van der Waals surface area contributed by atoms with Gasteiger partial charge in [-0.15, -0.1) is 0 Å². The normalized spacial score (nSPS) is 12.0. The number of aromatic amines is 1. The maximum Gasteiger partial charge on any atom is 0.251 e. The van der Waals surface area contributed by atoms with Gasteiger partial charge in [-0.25, -0.2) is 0 Å². The Morgan fingerprint density at radius 1 is 1.48 bits per heavy atom. The van der Waals surface area contributed by atoms with Gasteiger partial charge in [0, 0.05) is 12.1 Å². The van der Waals surface area contributed by atoms with Gasteiger partial charge < -0.3 is 14.6 Å². The van der Waals surface area contributed by atoms with Crippen LogP contribution in [0, 0.1) is 4.77 Å². The predicted molar refractivity (Wildman–Crippen MR) is 82.0 cm³/mol. The average Bonchev–Trinajstić information content (AvgIpc) is 2.88.